The molecule has 48 heavy (non-hydrogen) atoms. The number of benzene rings is 1. The number of fused-ring (bicyclic) bond motifs is 5. The lowest BCUT2D eigenvalue weighted by molar-refractivity contribution is -1.09. The lowest BCUT2D eigenvalue weighted by Gasteiger charge is -2.55. The van der Waals surface area contributed by atoms with E-state index in [0.29, 0.717) is 5.57 Å². The molecule has 0 saturated carbocycles. The summed E-state index contributed by atoms with van der Waals surface area (Å²) in [6.07, 6.45) is 6.49. The number of carboxylic acid groups (broad SMARTS) is 1. The standard InChI is InChI=1S/C33H44N6O4S2.3HI/c1-21-26(29(33(42)43)37-28(21)27(22(2)40)30(37)41)25-18-36-20-35(31(44-3)32(36)45-25)17-23-6-4-7-24(16-23)19-39-13-10-38(11-14-39,12-15-39)9-5-8-34;;;/h4,6-7,16,18,20-22,27-28,40H,5,8-15,17,19,34H2,1-3H3;3*1H/q+2;;;/p-2/t21-,22+,27+,28+,38?,39?;;;/m0.../s1. The maximum absolute atomic E-state index is 12.8. The number of quaternary nitrogens is 2. The number of hydrogen-bond donors (Lipinski definition) is 3. The first kappa shape index (κ1) is 40.2. The summed E-state index contributed by atoms with van der Waals surface area (Å²) in [4.78, 5) is 28.5. The number of thiazole rings is 1. The van der Waals surface area contributed by atoms with Gasteiger partial charge >= 0.3 is 5.97 Å². The summed E-state index contributed by atoms with van der Waals surface area (Å²) in [5, 5.41) is 21.5. The molecule has 8 rings (SSSR count). The first-order valence-corrected chi connectivity index (χ1v) is 18.2. The summed E-state index contributed by atoms with van der Waals surface area (Å²) in [5.74, 6) is -2.15. The van der Waals surface area contributed by atoms with Crippen LogP contribution in [0.2, 0.25) is 0 Å². The monoisotopic (exact) mass is 1030 g/mol. The third-order valence-corrected chi connectivity index (χ3v) is 13.2. The van der Waals surface area contributed by atoms with Gasteiger partial charge < -0.3 is 102 Å². The maximum atomic E-state index is 12.8. The first-order chi connectivity index (χ1) is 21.6. The molecule has 0 radical (unpaired) electrons. The molecule has 15 heteroatoms. The number of aliphatic hydroxyl groups excluding tert-OH is 1. The van der Waals surface area contributed by atoms with Crippen molar-refractivity contribution in [3.8, 4) is 0 Å². The fourth-order valence-electron chi connectivity index (χ4n) is 8.62. The summed E-state index contributed by atoms with van der Waals surface area (Å²) in [6.45, 7) is 15.0. The lowest BCUT2D eigenvalue weighted by atomic mass is 9.77. The van der Waals surface area contributed by atoms with Gasteiger partial charge in [0.25, 0.3) is 6.33 Å². The van der Waals surface area contributed by atoms with E-state index >= 15 is 0 Å². The van der Waals surface area contributed by atoms with Crippen LogP contribution in [0.15, 0.2) is 47.5 Å². The Bertz CT molecular complexity index is 1690. The Morgan fingerprint density at radius 3 is 2.38 bits per heavy atom. The molecule has 1 aromatic carbocycles. The second kappa shape index (κ2) is 15.6. The zero-order valence-electron chi connectivity index (χ0n) is 27.5. The number of carboxylic acids is 1. The van der Waals surface area contributed by atoms with Crippen LogP contribution in [0, 0.1) is 11.8 Å². The van der Waals surface area contributed by atoms with Gasteiger partial charge in [0.05, 0.1) is 29.5 Å². The summed E-state index contributed by atoms with van der Waals surface area (Å²) < 4.78 is 6.84. The molecule has 4 atom stereocenters. The first-order valence-electron chi connectivity index (χ1n) is 16.1. The van der Waals surface area contributed by atoms with Crippen molar-refractivity contribution in [2.24, 2.45) is 17.6 Å². The third-order valence-electron chi connectivity index (χ3n) is 11.1. The molecule has 4 N–H and O–H groups in total. The summed E-state index contributed by atoms with van der Waals surface area (Å²) in [6, 6.07) is 8.75. The van der Waals surface area contributed by atoms with Crippen molar-refractivity contribution in [3.63, 3.8) is 0 Å². The van der Waals surface area contributed by atoms with Gasteiger partial charge in [-0.3, -0.25) is 4.79 Å². The van der Waals surface area contributed by atoms with E-state index < -0.39 is 18.0 Å². The minimum Gasteiger partial charge on any atom is -1.00 e. The molecule has 2 bridgehead atoms. The minimum atomic E-state index is -1.10. The molecule has 5 aliphatic heterocycles. The summed E-state index contributed by atoms with van der Waals surface area (Å²) >= 11 is 3.26. The largest absolute Gasteiger partial charge is 1.00 e. The molecular weight excluding hydrogens is 989 g/mol. The highest BCUT2D eigenvalue weighted by Gasteiger charge is 2.60. The topological polar surface area (TPSA) is 112 Å². The van der Waals surface area contributed by atoms with Crippen LogP contribution in [0.5, 0.6) is 0 Å². The van der Waals surface area contributed by atoms with Gasteiger partial charge in [-0.2, -0.15) is 4.40 Å². The van der Waals surface area contributed by atoms with Crippen LogP contribution in [-0.2, 0) is 22.7 Å². The van der Waals surface area contributed by atoms with Gasteiger partial charge in [0.2, 0.25) is 15.8 Å². The van der Waals surface area contributed by atoms with Gasteiger partial charge in [-0.15, -0.1) is 0 Å². The molecule has 0 aliphatic carbocycles. The molecule has 3 aromatic rings. The molecule has 4 fully saturated rings. The normalized spacial score (nSPS) is 28.0. The predicted octanol–water partition coefficient (Wildman–Crippen LogP) is -6.77. The van der Waals surface area contributed by atoms with Gasteiger partial charge in [-0.05, 0) is 31.4 Å². The van der Waals surface area contributed by atoms with E-state index in [1.54, 1.807) is 30.0 Å². The van der Waals surface area contributed by atoms with Crippen LogP contribution < -0.4 is 82.2 Å². The number of thioether (sulfide) groups is 1. The van der Waals surface area contributed by atoms with Crippen LogP contribution >= 0.6 is 23.1 Å². The number of carbonyl (C=O) groups is 2. The third kappa shape index (κ3) is 6.86. The van der Waals surface area contributed by atoms with E-state index in [9.17, 15) is 19.8 Å². The minimum absolute atomic E-state index is 0. The Hall–Kier alpha value is -0.550. The van der Waals surface area contributed by atoms with E-state index in [4.69, 9.17) is 5.73 Å². The highest BCUT2D eigenvalue weighted by Crippen LogP contribution is 2.51. The van der Waals surface area contributed by atoms with Crippen molar-refractivity contribution in [2.75, 3.05) is 58.6 Å². The van der Waals surface area contributed by atoms with Crippen LogP contribution in [0.1, 0.15) is 36.3 Å². The predicted molar refractivity (Wildman–Crippen MR) is 174 cm³/mol. The molecule has 5 aliphatic rings. The Balaban J connectivity index is 0.00000173. The van der Waals surface area contributed by atoms with Crippen molar-refractivity contribution < 1.29 is 105 Å². The highest BCUT2D eigenvalue weighted by atomic mass is 127. The lowest BCUT2D eigenvalue weighted by Crippen LogP contribution is -3.00. The Labute approximate surface area is 341 Å². The van der Waals surface area contributed by atoms with Gasteiger partial charge in [-0.1, -0.05) is 48.2 Å². The van der Waals surface area contributed by atoms with Crippen LogP contribution in [0.3, 0.4) is 0 Å². The number of aliphatic carboxylic acids is 1. The highest BCUT2D eigenvalue weighted by molar-refractivity contribution is 7.98. The van der Waals surface area contributed by atoms with Gasteiger partial charge in [0, 0.05) is 23.5 Å². The van der Waals surface area contributed by atoms with Crippen molar-refractivity contribution in [3.05, 3.63) is 58.5 Å². The van der Waals surface area contributed by atoms with Gasteiger partial charge in [0.1, 0.15) is 64.3 Å². The van der Waals surface area contributed by atoms with Gasteiger partial charge in [-0.25, -0.2) is 9.36 Å². The number of aliphatic hydroxyl groups is 1. The molecule has 264 valence electrons. The molecule has 4 saturated heterocycles. The number of imidazole rings is 1. The Morgan fingerprint density at radius 1 is 1.12 bits per heavy atom. The van der Waals surface area contributed by atoms with E-state index in [2.05, 4.69) is 45.8 Å². The average Bonchev–Trinajstić information content (AvgIpc) is 3.64. The van der Waals surface area contributed by atoms with Gasteiger partial charge in [0.15, 0.2) is 0 Å². The van der Waals surface area contributed by atoms with Crippen molar-refractivity contribution in [1.29, 1.82) is 0 Å². The number of β-lactam (4-membered cyclic amide) rings is 1. The molecule has 7 heterocycles. The fourth-order valence-corrected chi connectivity index (χ4v) is 10.8. The molecule has 0 unspecified atom stereocenters. The van der Waals surface area contributed by atoms with Crippen molar-refractivity contribution in [2.45, 2.75) is 50.5 Å². The number of aromatic nitrogens is 2. The van der Waals surface area contributed by atoms with E-state index in [0.717, 1.165) is 40.8 Å². The second-order valence-electron chi connectivity index (χ2n) is 13.8. The summed E-state index contributed by atoms with van der Waals surface area (Å²) in [7, 11) is 0. The Morgan fingerprint density at radius 2 is 1.77 bits per heavy atom. The number of piperazine rings is 3. The van der Waals surface area contributed by atoms with E-state index in [1.165, 1.54) is 70.8 Å². The number of nitrogens with two attached hydrogens (primary N) is 1. The van der Waals surface area contributed by atoms with E-state index in [1.807, 2.05) is 13.1 Å². The summed E-state index contributed by atoms with van der Waals surface area (Å²) in [5.41, 5.74) is 9.25. The Kier molecular flexibility index (Phi) is 13.1. The van der Waals surface area contributed by atoms with E-state index in [-0.39, 0.29) is 95.5 Å². The second-order valence-corrected chi connectivity index (χ2v) is 15.6. The molecule has 2 aromatic heterocycles. The maximum Gasteiger partial charge on any atom is 0.352 e. The zero-order chi connectivity index (χ0) is 31.7. The van der Waals surface area contributed by atoms with Crippen molar-refractivity contribution >= 4 is 45.4 Å². The molecule has 10 nitrogen and oxygen atoms in total. The van der Waals surface area contributed by atoms with Crippen molar-refractivity contribution in [1.82, 2.24) is 9.30 Å². The molecular formula is C33H45I3N6O4S2. The molecule has 1 amide bonds. The molecule has 0 spiro atoms. The van der Waals surface area contributed by atoms with Crippen LogP contribution in [0.4, 0.5) is 0 Å². The number of nitrogens with zero attached hydrogens (tertiary/aromatic N) is 5. The average molecular weight is 1030 g/mol. The quantitative estimate of drug-likeness (QED) is 0.0580. The SMILES string of the molecule is CSc1c2sc(C3=C(C(=O)O)N4C(=O)[C@H]([C@@H](C)O)[C@H]4[C@H]3C)cn2c[n+]1Cc1cccc(C[N+]23CC[N+](CCCN)(CC2)CC3)c1.[I-].[I-].[I-]. The smallest absolute Gasteiger partial charge is 0.352 e. The fraction of sp³-hybridized carbons (Fsp3) is 0.545. The van der Waals surface area contributed by atoms with Crippen LogP contribution in [-0.4, -0.2) is 111 Å². The zero-order valence-corrected chi connectivity index (χ0v) is 35.6. The number of rotatable bonds is 11. The number of amides is 1. The number of carbonyl (C=O) groups excluding carboxylic acids is 1. The van der Waals surface area contributed by atoms with Crippen LogP contribution in [0.25, 0.3) is 10.4 Å². The number of halogens is 3. The number of hydrogen-bond acceptors (Lipinski definition) is 6.